The summed E-state index contributed by atoms with van der Waals surface area (Å²) in [6.45, 7) is 9.75. The summed E-state index contributed by atoms with van der Waals surface area (Å²) >= 11 is 0. The highest BCUT2D eigenvalue weighted by atomic mass is 16.5. The fourth-order valence-corrected chi connectivity index (χ4v) is 1.63. The van der Waals surface area contributed by atoms with Crippen LogP contribution < -0.4 is 5.32 Å². The van der Waals surface area contributed by atoms with E-state index in [0.29, 0.717) is 19.7 Å². The van der Waals surface area contributed by atoms with Gasteiger partial charge in [-0.15, -0.1) is 0 Å². The van der Waals surface area contributed by atoms with E-state index in [2.05, 4.69) is 25.2 Å². The zero-order valence-corrected chi connectivity index (χ0v) is 13.8. The van der Waals surface area contributed by atoms with Gasteiger partial charge in [0.15, 0.2) is 0 Å². The van der Waals surface area contributed by atoms with E-state index < -0.39 is 6.10 Å². The SMILES string of the molecule is C/C=C\OC(C)(CC)CCOCC(O)CNCC(C)C#N. The third-order valence-corrected chi connectivity index (χ3v) is 3.37. The molecule has 0 radical (unpaired) electrons. The highest BCUT2D eigenvalue weighted by Crippen LogP contribution is 2.20. The van der Waals surface area contributed by atoms with Crippen LogP contribution >= 0.6 is 0 Å². The molecule has 0 heterocycles. The third-order valence-electron chi connectivity index (χ3n) is 3.37. The van der Waals surface area contributed by atoms with Gasteiger partial charge in [0.05, 0.1) is 37.6 Å². The van der Waals surface area contributed by atoms with Crippen LogP contribution in [-0.2, 0) is 9.47 Å². The van der Waals surface area contributed by atoms with Gasteiger partial charge in [-0.2, -0.15) is 5.26 Å². The number of ether oxygens (including phenoxy) is 2. The molecule has 0 aliphatic rings. The van der Waals surface area contributed by atoms with E-state index in [1.165, 1.54) is 0 Å². The number of hydrogen-bond acceptors (Lipinski definition) is 5. The fourth-order valence-electron chi connectivity index (χ4n) is 1.63. The standard InChI is InChI=1S/C16H30N2O3/c1-5-8-21-16(4,6-2)7-9-20-13-15(19)12-18-11-14(3)10-17/h5,8,14-15,18-19H,6-7,9,11-13H2,1-4H3/b8-5-. The van der Waals surface area contributed by atoms with E-state index in [4.69, 9.17) is 14.7 Å². The Morgan fingerprint density at radius 2 is 2.14 bits per heavy atom. The second kappa shape index (κ2) is 11.6. The third kappa shape index (κ3) is 10.3. The average molecular weight is 298 g/mol. The molecule has 5 nitrogen and oxygen atoms in total. The molecular formula is C16H30N2O3. The van der Waals surface area contributed by atoms with Crippen molar-refractivity contribution in [2.45, 2.75) is 52.2 Å². The minimum Gasteiger partial charge on any atom is -0.495 e. The predicted octanol–water partition coefficient (Wildman–Crippen LogP) is 2.22. The second-order valence-electron chi connectivity index (χ2n) is 5.56. The Labute approximate surface area is 128 Å². The molecule has 0 aliphatic heterocycles. The van der Waals surface area contributed by atoms with Gasteiger partial charge in [-0.1, -0.05) is 13.0 Å². The lowest BCUT2D eigenvalue weighted by Crippen LogP contribution is -2.33. The highest BCUT2D eigenvalue weighted by Gasteiger charge is 2.22. The summed E-state index contributed by atoms with van der Waals surface area (Å²) < 4.78 is 11.2. The first-order chi connectivity index (χ1) is 9.97. The maximum Gasteiger partial charge on any atom is 0.107 e. The van der Waals surface area contributed by atoms with E-state index in [-0.39, 0.29) is 18.1 Å². The molecule has 0 rings (SSSR count). The van der Waals surface area contributed by atoms with Crippen molar-refractivity contribution < 1.29 is 14.6 Å². The van der Waals surface area contributed by atoms with Crippen molar-refractivity contribution in [2.24, 2.45) is 5.92 Å². The van der Waals surface area contributed by atoms with Gasteiger partial charge in [0.2, 0.25) is 0 Å². The fraction of sp³-hybridized carbons (Fsp3) is 0.812. The molecule has 0 saturated carbocycles. The minimum atomic E-state index is -0.555. The van der Waals surface area contributed by atoms with Crippen molar-refractivity contribution >= 4 is 0 Å². The van der Waals surface area contributed by atoms with Gasteiger partial charge in [-0.25, -0.2) is 0 Å². The van der Waals surface area contributed by atoms with Gasteiger partial charge in [-0.3, -0.25) is 0 Å². The predicted molar refractivity (Wildman–Crippen MR) is 83.7 cm³/mol. The molecule has 3 unspecified atom stereocenters. The Morgan fingerprint density at radius 1 is 1.43 bits per heavy atom. The van der Waals surface area contributed by atoms with Crippen LogP contribution in [0.15, 0.2) is 12.3 Å². The Kier molecular flexibility index (Phi) is 11.0. The smallest absolute Gasteiger partial charge is 0.107 e. The van der Waals surface area contributed by atoms with Crippen molar-refractivity contribution in [3.63, 3.8) is 0 Å². The Morgan fingerprint density at radius 3 is 2.71 bits per heavy atom. The summed E-state index contributed by atoms with van der Waals surface area (Å²) in [6.07, 6.45) is 4.70. The first-order valence-electron chi connectivity index (χ1n) is 7.62. The molecule has 0 aromatic carbocycles. The van der Waals surface area contributed by atoms with Crippen molar-refractivity contribution in [2.75, 3.05) is 26.3 Å². The van der Waals surface area contributed by atoms with Crippen molar-refractivity contribution in [1.29, 1.82) is 5.26 Å². The number of nitriles is 1. The van der Waals surface area contributed by atoms with E-state index in [1.807, 2.05) is 19.9 Å². The average Bonchev–Trinajstić information content (AvgIpc) is 2.49. The van der Waals surface area contributed by atoms with E-state index >= 15 is 0 Å². The van der Waals surface area contributed by atoms with Gasteiger partial charge in [0.1, 0.15) is 5.60 Å². The van der Waals surface area contributed by atoms with Crippen LogP contribution in [0.1, 0.15) is 40.5 Å². The molecule has 0 aromatic heterocycles. The largest absolute Gasteiger partial charge is 0.495 e. The summed E-state index contributed by atoms with van der Waals surface area (Å²) in [6, 6.07) is 2.14. The van der Waals surface area contributed by atoms with Crippen LogP contribution in [0.4, 0.5) is 0 Å². The maximum atomic E-state index is 9.75. The van der Waals surface area contributed by atoms with Crippen LogP contribution in [0.2, 0.25) is 0 Å². The van der Waals surface area contributed by atoms with Crippen LogP contribution in [-0.4, -0.2) is 43.1 Å². The summed E-state index contributed by atoms with van der Waals surface area (Å²) in [5.74, 6) is -0.0489. The van der Waals surface area contributed by atoms with Crippen molar-refractivity contribution in [3.05, 3.63) is 12.3 Å². The first kappa shape index (κ1) is 19.9. The number of nitrogens with one attached hydrogen (secondary N) is 1. The van der Waals surface area contributed by atoms with Crippen LogP contribution in [0.25, 0.3) is 0 Å². The van der Waals surface area contributed by atoms with Crippen molar-refractivity contribution in [1.82, 2.24) is 5.32 Å². The summed E-state index contributed by atoms with van der Waals surface area (Å²) in [4.78, 5) is 0. The molecule has 21 heavy (non-hydrogen) atoms. The Balaban J connectivity index is 3.75. The molecule has 0 bridgehead atoms. The zero-order chi connectivity index (χ0) is 16.1. The number of hydrogen-bond donors (Lipinski definition) is 2. The van der Waals surface area contributed by atoms with Crippen molar-refractivity contribution in [3.8, 4) is 6.07 Å². The monoisotopic (exact) mass is 298 g/mol. The molecular weight excluding hydrogens is 268 g/mol. The first-order valence-corrected chi connectivity index (χ1v) is 7.62. The van der Waals surface area contributed by atoms with Crippen LogP contribution in [0, 0.1) is 17.2 Å². The lowest BCUT2D eigenvalue weighted by molar-refractivity contribution is -0.0189. The molecule has 0 fully saturated rings. The normalized spacial score (nSPS) is 17.1. The number of aliphatic hydroxyl groups excluding tert-OH is 1. The number of aliphatic hydroxyl groups is 1. The number of rotatable bonds is 12. The topological polar surface area (TPSA) is 74.5 Å². The molecule has 0 aromatic rings. The molecule has 0 saturated heterocycles. The molecule has 0 spiro atoms. The summed E-state index contributed by atoms with van der Waals surface area (Å²) in [7, 11) is 0. The molecule has 3 atom stereocenters. The lowest BCUT2D eigenvalue weighted by Gasteiger charge is -2.27. The highest BCUT2D eigenvalue weighted by molar-refractivity contribution is 4.80. The summed E-state index contributed by atoms with van der Waals surface area (Å²) in [5, 5.41) is 21.4. The molecule has 122 valence electrons. The van der Waals surface area contributed by atoms with Crippen LogP contribution in [0.5, 0.6) is 0 Å². The van der Waals surface area contributed by atoms with E-state index in [0.717, 1.165) is 12.8 Å². The zero-order valence-electron chi connectivity index (χ0n) is 13.8. The van der Waals surface area contributed by atoms with Gasteiger partial charge in [0.25, 0.3) is 0 Å². The van der Waals surface area contributed by atoms with Gasteiger partial charge in [0, 0.05) is 19.5 Å². The van der Waals surface area contributed by atoms with E-state index in [1.54, 1.807) is 6.26 Å². The minimum absolute atomic E-state index is 0.0489. The number of allylic oxidation sites excluding steroid dienone is 1. The lowest BCUT2D eigenvalue weighted by atomic mass is 9.99. The number of nitrogens with zero attached hydrogens (tertiary/aromatic N) is 1. The molecule has 5 heteroatoms. The quantitative estimate of drug-likeness (QED) is 0.427. The van der Waals surface area contributed by atoms with Gasteiger partial charge < -0.3 is 19.9 Å². The molecule has 0 amide bonds. The van der Waals surface area contributed by atoms with Crippen LogP contribution in [0.3, 0.4) is 0 Å². The second-order valence-corrected chi connectivity index (χ2v) is 5.56. The maximum absolute atomic E-state index is 9.75. The van der Waals surface area contributed by atoms with E-state index in [9.17, 15) is 5.11 Å². The Bertz CT molecular complexity index is 328. The molecule has 2 N–H and O–H groups in total. The Hall–Kier alpha value is -1.09. The van der Waals surface area contributed by atoms with Gasteiger partial charge >= 0.3 is 0 Å². The van der Waals surface area contributed by atoms with Gasteiger partial charge in [-0.05, 0) is 27.2 Å². The summed E-state index contributed by atoms with van der Waals surface area (Å²) in [5.41, 5.74) is -0.224. The molecule has 0 aliphatic carbocycles.